The standard InChI is InChI=1S/C12H19N3O2S/c16-8-7-14-3-5-15(6-4-14)10-13-12(17)11-2-1-9-18-11/h1-2,9,16H,3-8,10H2,(H,13,17). The number of nitrogens with one attached hydrogen (secondary N) is 1. The van der Waals surface area contributed by atoms with Gasteiger partial charge in [0.25, 0.3) is 5.91 Å². The molecule has 2 heterocycles. The van der Waals surface area contributed by atoms with Crippen molar-refractivity contribution in [3.8, 4) is 0 Å². The van der Waals surface area contributed by atoms with Gasteiger partial charge in [-0.25, -0.2) is 0 Å². The Kier molecular flexibility index (Phi) is 5.12. The molecule has 1 aromatic heterocycles. The van der Waals surface area contributed by atoms with Crippen LogP contribution in [0.4, 0.5) is 0 Å². The SMILES string of the molecule is O=C(NCN1CCN(CCO)CC1)c1cccs1. The van der Waals surface area contributed by atoms with E-state index in [1.54, 1.807) is 0 Å². The lowest BCUT2D eigenvalue weighted by molar-refractivity contribution is 0.0850. The molecule has 6 heteroatoms. The molecule has 0 bridgehead atoms. The van der Waals surface area contributed by atoms with Crippen molar-refractivity contribution in [3.63, 3.8) is 0 Å². The molecule has 1 fully saturated rings. The van der Waals surface area contributed by atoms with Crippen LogP contribution in [0.3, 0.4) is 0 Å². The van der Waals surface area contributed by atoms with Crippen LogP contribution in [-0.4, -0.2) is 66.8 Å². The van der Waals surface area contributed by atoms with Crippen LogP contribution in [0.25, 0.3) is 0 Å². The van der Waals surface area contributed by atoms with Gasteiger partial charge >= 0.3 is 0 Å². The van der Waals surface area contributed by atoms with Crippen LogP contribution in [0.15, 0.2) is 17.5 Å². The Balaban J connectivity index is 1.68. The van der Waals surface area contributed by atoms with Crippen molar-refractivity contribution >= 4 is 17.2 Å². The molecule has 1 amide bonds. The number of β-amino-alcohol motifs (C(OH)–C–C–N with tert-alkyl or cyclic N) is 1. The maximum atomic E-state index is 11.7. The molecule has 2 N–H and O–H groups in total. The summed E-state index contributed by atoms with van der Waals surface area (Å²) in [6.07, 6.45) is 0. The first-order chi connectivity index (χ1) is 8.79. The second-order valence-electron chi connectivity index (χ2n) is 4.32. The zero-order chi connectivity index (χ0) is 12.8. The van der Waals surface area contributed by atoms with Crippen molar-refractivity contribution < 1.29 is 9.90 Å². The Labute approximate surface area is 111 Å². The molecule has 0 aromatic carbocycles. The average Bonchev–Trinajstić information content (AvgIpc) is 2.92. The van der Waals surface area contributed by atoms with Gasteiger partial charge in [-0.3, -0.25) is 14.6 Å². The fraction of sp³-hybridized carbons (Fsp3) is 0.583. The topological polar surface area (TPSA) is 55.8 Å². The number of piperazine rings is 1. The second kappa shape index (κ2) is 6.84. The minimum absolute atomic E-state index is 0.00258. The Bertz CT molecular complexity index is 361. The van der Waals surface area contributed by atoms with Crippen molar-refractivity contribution in [2.45, 2.75) is 0 Å². The highest BCUT2D eigenvalue weighted by Crippen LogP contribution is 2.08. The Hall–Kier alpha value is -0.950. The summed E-state index contributed by atoms with van der Waals surface area (Å²) in [4.78, 5) is 17.0. The summed E-state index contributed by atoms with van der Waals surface area (Å²) in [5.74, 6) is 0.00258. The molecule has 0 atom stereocenters. The quantitative estimate of drug-likeness (QED) is 0.793. The van der Waals surface area contributed by atoms with E-state index in [-0.39, 0.29) is 12.5 Å². The molecule has 0 spiro atoms. The van der Waals surface area contributed by atoms with Crippen LogP contribution < -0.4 is 5.32 Å². The van der Waals surface area contributed by atoms with E-state index in [2.05, 4.69) is 15.1 Å². The molecule has 0 radical (unpaired) electrons. The number of thiophene rings is 1. The first kappa shape index (κ1) is 13.5. The van der Waals surface area contributed by atoms with Crippen LogP contribution in [0.2, 0.25) is 0 Å². The third-order valence-electron chi connectivity index (χ3n) is 3.09. The Morgan fingerprint density at radius 2 is 2.06 bits per heavy atom. The normalized spacial score (nSPS) is 17.8. The summed E-state index contributed by atoms with van der Waals surface area (Å²) in [7, 11) is 0. The first-order valence-corrected chi connectivity index (χ1v) is 7.05. The van der Waals surface area contributed by atoms with Crippen LogP contribution in [0.5, 0.6) is 0 Å². The molecule has 18 heavy (non-hydrogen) atoms. The van der Waals surface area contributed by atoms with E-state index in [4.69, 9.17) is 5.11 Å². The van der Waals surface area contributed by atoms with Crippen molar-refractivity contribution in [3.05, 3.63) is 22.4 Å². The molecule has 1 saturated heterocycles. The van der Waals surface area contributed by atoms with Crippen molar-refractivity contribution in [2.24, 2.45) is 0 Å². The van der Waals surface area contributed by atoms with Gasteiger partial charge in [-0.2, -0.15) is 0 Å². The lowest BCUT2D eigenvalue weighted by Crippen LogP contribution is -2.50. The predicted octanol–water partition coefficient (Wildman–Crippen LogP) is 0.0453. The third-order valence-corrected chi connectivity index (χ3v) is 3.96. The maximum Gasteiger partial charge on any atom is 0.262 e. The highest BCUT2D eigenvalue weighted by Gasteiger charge is 2.16. The first-order valence-electron chi connectivity index (χ1n) is 6.17. The number of carbonyl (C=O) groups excluding carboxylic acids is 1. The van der Waals surface area contributed by atoms with Gasteiger partial charge in [-0.15, -0.1) is 11.3 Å². The molecule has 0 unspecified atom stereocenters. The number of amides is 1. The highest BCUT2D eigenvalue weighted by molar-refractivity contribution is 7.12. The van der Waals surface area contributed by atoms with E-state index in [1.807, 2.05) is 17.5 Å². The van der Waals surface area contributed by atoms with Crippen molar-refractivity contribution in [1.29, 1.82) is 0 Å². The summed E-state index contributed by atoms with van der Waals surface area (Å²) < 4.78 is 0. The zero-order valence-electron chi connectivity index (χ0n) is 10.3. The average molecular weight is 269 g/mol. The van der Waals surface area contributed by atoms with E-state index in [9.17, 15) is 4.79 Å². The third kappa shape index (κ3) is 3.78. The molecule has 0 aliphatic carbocycles. The van der Waals surface area contributed by atoms with Gasteiger partial charge in [0.2, 0.25) is 0 Å². The van der Waals surface area contributed by atoms with E-state index in [0.717, 1.165) is 37.6 Å². The van der Waals surface area contributed by atoms with Gasteiger partial charge in [0, 0.05) is 32.7 Å². The van der Waals surface area contributed by atoms with E-state index >= 15 is 0 Å². The molecular weight excluding hydrogens is 250 g/mol. The molecule has 100 valence electrons. The van der Waals surface area contributed by atoms with Crippen LogP contribution in [0.1, 0.15) is 9.67 Å². The van der Waals surface area contributed by atoms with Crippen molar-refractivity contribution in [1.82, 2.24) is 15.1 Å². The number of aliphatic hydroxyl groups excluding tert-OH is 1. The summed E-state index contributed by atoms with van der Waals surface area (Å²) >= 11 is 1.46. The fourth-order valence-electron chi connectivity index (χ4n) is 1.99. The second-order valence-corrected chi connectivity index (χ2v) is 5.27. The molecule has 1 aliphatic rings. The van der Waals surface area contributed by atoms with E-state index in [1.165, 1.54) is 11.3 Å². The Morgan fingerprint density at radius 3 is 2.67 bits per heavy atom. The van der Waals surface area contributed by atoms with E-state index < -0.39 is 0 Å². The van der Waals surface area contributed by atoms with Crippen LogP contribution >= 0.6 is 11.3 Å². The zero-order valence-corrected chi connectivity index (χ0v) is 11.2. The molecular formula is C12H19N3O2S. The number of hydrogen-bond donors (Lipinski definition) is 2. The predicted molar refractivity (Wildman–Crippen MR) is 71.8 cm³/mol. The van der Waals surface area contributed by atoms with Crippen LogP contribution in [-0.2, 0) is 0 Å². The highest BCUT2D eigenvalue weighted by atomic mass is 32.1. The molecule has 5 nitrogen and oxygen atoms in total. The number of hydrogen-bond acceptors (Lipinski definition) is 5. The summed E-state index contributed by atoms with van der Waals surface area (Å²) in [5, 5.41) is 13.7. The minimum atomic E-state index is 0.00258. The van der Waals surface area contributed by atoms with Crippen LogP contribution in [0, 0.1) is 0 Å². The molecule has 2 rings (SSSR count). The molecule has 0 saturated carbocycles. The number of nitrogens with zero attached hydrogens (tertiary/aromatic N) is 2. The number of aliphatic hydroxyl groups is 1. The fourth-order valence-corrected chi connectivity index (χ4v) is 2.63. The van der Waals surface area contributed by atoms with Gasteiger partial charge < -0.3 is 10.4 Å². The van der Waals surface area contributed by atoms with E-state index in [0.29, 0.717) is 6.67 Å². The lowest BCUT2D eigenvalue weighted by Gasteiger charge is -2.34. The summed E-state index contributed by atoms with van der Waals surface area (Å²) in [5.41, 5.74) is 0. The van der Waals surface area contributed by atoms with Gasteiger partial charge in [-0.05, 0) is 11.4 Å². The summed E-state index contributed by atoms with van der Waals surface area (Å²) in [6.45, 7) is 5.34. The largest absolute Gasteiger partial charge is 0.395 e. The van der Waals surface area contributed by atoms with Gasteiger partial charge in [0.05, 0.1) is 18.2 Å². The minimum Gasteiger partial charge on any atom is -0.395 e. The van der Waals surface area contributed by atoms with Crippen molar-refractivity contribution in [2.75, 3.05) is 46.0 Å². The Morgan fingerprint density at radius 1 is 1.33 bits per heavy atom. The van der Waals surface area contributed by atoms with Gasteiger partial charge in [0.15, 0.2) is 0 Å². The lowest BCUT2D eigenvalue weighted by atomic mass is 10.3. The van der Waals surface area contributed by atoms with Gasteiger partial charge in [0.1, 0.15) is 0 Å². The molecule has 1 aromatic rings. The smallest absolute Gasteiger partial charge is 0.262 e. The monoisotopic (exact) mass is 269 g/mol. The number of carbonyl (C=O) groups is 1. The number of rotatable bonds is 5. The maximum absolute atomic E-state index is 11.7. The molecule has 1 aliphatic heterocycles. The van der Waals surface area contributed by atoms with Gasteiger partial charge in [-0.1, -0.05) is 6.07 Å². The summed E-state index contributed by atoms with van der Waals surface area (Å²) in [6, 6.07) is 3.71.